The molecule has 114 valence electrons. The second-order valence-corrected chi connectivity index (χ2v) is 14.0. The van der Waals surface area contributed by atoms with Crippen molar-refractivity contribution >= 4 is 16.8 Å². The van der Waals surface area contributed by atoms with E-state index in [-0.39, 0.29) is 0 Å². The van der Waals surface area contributed by atoms with Crippen molar-refractivity contribution in [2.45, 2.75) is 45.6 Å². The van der Waals surface area contributed by atoms with Crippen LogP contribution in [0.25, 0.3) is 0 Å². The molecule has 0 aliphatic carbocycles. The minimum absolute atomic E-state index is 0.766. The SMILES string of the molecule is CCO[Si](C)(CC[Si](C)(C)N1CCOCC1)OCC. The van der Waals surface area contributed by atoms with Crippen molar-refractivity contribution in [3.8, 4) is 0 Å². The van der Waals surface area contributed by atoms with Crippen LogP contribution in [0.15, 0.2) is 0 Å². The number of hydrogen-bond donors (Lipinski definition) is 0. The van der Waals surface area contributed by atoms with E-state index in [0.717, 1.165) is 45.6 Å². The molecule has 0 unspecified atom stereocenters. The molecule has 1 aliphatic heterocycles. The van der Waals surface area contributed by atoms with E-state index < -0.39 is 16.8 Å². The van der Waals surface area contributed by atoms with Crippen molar-refractivity contribution in [1.29, 1.82) is 0 Å². The van der Waals surface area contributed by atoms with E-state index in [1.807, 2.05) is 0 Å². The molecule has 0 aromatic heterocycles. The van der Waals surface area contributed by atoms with Crippen LogP contribution in [0.2, 0.25) is 31.7 Å². The van der Waals surface area contributed by atoms with Gasteiger partial charge in [0.05, 0.1) is 13.2 Å². The Labute approximate surface area is 120 Å². The van der Waals surface area contributed by atoms with E-state index in [2.05, 4.69) is 38.1 Å². The zero-order valence-electron chi connectivity index (χ0n) is 13.3. The van der Waals surface area contributed by atoms with Gasteiger partial charge in [-0.1, -0.05) is 13.1 Å². The largest absolute Gasteiger partial charge is 0.395 e. The van der Waals surface area contributed by atoms with Crippen molar-refractivity contribution in [1.82, 2.24) is 4.57 Å². The van der Waals surface area contributed by atoms with E-state index in [1.54, 1.807) is 0 Å². The minimum Gasteiger partial charge on any atom is -0.395 e. The monoisotopic (exact) mass is 305 g/mol. The average molecular weight is 306 g/mol. The van der Waals surface area contributed by atoms with Crippen molar-refractivity contribution in [2.24, 2.45) is 0 Å². The summed E-state index contributed by atoms with van der Waals surface area (Å²) in [6, 6.07) is 2.38. The molecule has 0 amide bonds. The molecule has 0 aromatic carbocycles. The van der Waals surface area contributed by atoms with Gasteiger partial charge in [-0.05, 0) is 32.5 Å². The molecule has 0 aromatic rings. The number of ether oxygens (including phenoxy) is 1. The molecule has 4 nitrogen and oxygen atoms in total. The first-order chi connectivity index (χ1) is 8.93. The minimum atomic E-state index is -1.95. The topological polar surface area (TPSA) is 30.9 Å². The lowest BCUT2D eigenvalue weighted by molar-refractivity contribution is 0.0688. The molecular weight excluding hydrogens is 274 g/mol. The molecule has 1 aliphatic rings. The summed E-state index contributed by atoms with van der Waals surface area (Å²) >= 11 is 0. The highest BCUT2D eigenvalue weighted by molar-refractivity contribution is 6.77. The van der Waals surface area contributed by atoms with Crippen LogP contribution in [-0.2, 0) is 13.6 Å². The predicted molar refractivity (Wildman–Crippen MR) is 84.4 cm³/mol. The summed E-state index contributed by atoms with van der Waals surface area (Å²) in [7, 11) is -3.29. The van der Waals surface area contributed by atoms with Crippen LogP contribution >= 0.6 is 0 Å². The van der Waals surface area contributed by atoms with Crippen LogP contribution in [0.5, 0.6) is 0 Å². The molecule has 0 radical (unpaired) electrons. The lowest BCUT2D eigenvalue weighted by Crippen LogP contribution is -2.54. The third kappa shape index (κ3) is 5.65. The maximum absolute atomic E-state index is 5.95. The van der Waals surface area contributed by atoms with Gasteiger partial charge >= 0.3 is 8.56 Å². The molecule has 0 bridgehead atoms. The first-order valence-corrected chi connectivity index (χ1v) is 13.2. The van der Waals surface area contributed by atoms with Gasteiger partial charge in [-0.15, -0.1) is 0 Å². The Balaban J connectivity index is 2.51. The standard InChI is InChI=1S/C13H31NO3Si2/c1-6-16-19(5,17-7-2)13-12-18(3,4)14-8-10-15-11-9-14/h6-13H2,1-5H3. The van der Waals surface area contributed by atoms with Crippen molar-refractivity contribution in [2.75, 3.05) is 39.5 Å². The van der Waals surface area contributed by atoms with E-state index in [1.165, 1.54) is 6.04 Å². The zero-order valence-corrected chi connectivity index (χ0v) is 15.3. The summed E-state index contributed by atoms with van der Waals surface area (Å²) in [5, 5.41) is 0. The van der Waals surface area contributed by atoms with Crippen LogP contribution in [0, 0.1) is 0 Å². The molecule has 0 saturated carbocycles. The van der Waals surface area contributed by atoms with Gasteiger partial charge in [0.15, 0.2) is 0 Å². The summed E-state index contributed by atoms with van der Waals surface area (Å²) in [6.45, 7) is 16.8. The van der Waals surface area contributed by atoms with Crippen molar-refractivity contribution < 1.29 is 13.6 Å². The molecule has 0 atom stereocenters. The normalized spacial score (nSPS) is 18.8. The lowest BCUT2D eigenvalue weighted by Gasteiger charge is -2.40. The zero-order chi connectivity index (χ0) is 14.4. The Hall–Kier alpha value is 0.274. The molecule has 0 N–H and O–H groups in total. The molecule has 1 rings (SSSR count). The number of nitrogens with zero attached hydrogens (tertiary/aromatic N) is 1. The summed E-state index contributed by atoms with van der Waals surface area (Å²) in [5.74, 6) is 0. The van der Waals surface area contributed by atoms with Crippen LogP contribution in [-0.4, -0.2) is 60.9 Å². The van der Waals surface area contributed by atoms with Gasteiger partial charge in [-0.3, -0.25) is 0 Å². The van der Waals surface area contributed by atoms with E-state index >= 15 is 0 Å². The Bertz CT molecular complexity index is 252. The fourth-order valence-corrected chi connectivity index (χ4v) is 10.2. The molecular formula is C13H31NO3Si2. The first kappa shape index (κ1) is 17.3. The molecule has 19 heavy (non-hydrogen) atoms. The fourth-order valence-electron chi connectivity index (χ4n) is 2.66. The van der Waals surface area contributed by atoms with Gasteiger partial charge in [-0.25, -0.2) is 0 Å². The van der Waals surface area contributed by atoms with Gasteiger partial charge in [0.1, 0.15) is 8.24 Å². The van der Waals surface area contributed by atoms with E-state index in [4.69, 9.17) is 13.6 Å². The fraction of sp³-hybridized carbons (Fsp3) is 1.00. The maximum Gasteiger partial charge on any atom is 0.334 e. The maximum atomic E-state index is 5.95. The number of rotatable bonds is 8. The van der Waals surface area contributed by atoms with Gasteiger partial charge in [0.2, 0.25) is 0 Å². The Morgan fingerprint density at radius 1 is 0.947 bits per heavy atom. The van der Waals surface area contributed by atoms with Crippen LogP contribution in [0.1, 0.15) is 13.8 Å². The second-order valence-electron chi connectivity index (χ2n) is 5.91. The first-order valence-electron chi connectivity index (χ1n) is 7.54. The van der Waals surface area contributed by atoms with Crippen molar-refractivity contribution in [3.63, 3.8) is 0 Å². The highest BCUT2D eigenvalue weighted by atomic mass is 28.4. The number of hydrogen-bond acceptors (Lipinski definition) is 4. The van der Waals surface area contributed by atoms with Gasteiger partial charge in [0, 0.05) is 26.3 Å². The highest BCUT2D eigenvalue weighted by Crippen LogP contribution is 2.25. The lowest BCUT2D eigenvalue weighted by atomic mass is 10.5. The van der Waals surface area contributed by atoms with Crippen molar-refractivity contribution in [3.05, 3.63) is 0 Å². The molecule has 6 heteroatoms. The summed E-state index contributed by atoms with van der Waals surface area (Å²) in [6.07, 6.45) is 0. The van der Waals surface area contributed by atoms with Crippen LogP contribution < -0.4 is 0 Å². The Morgan fingerprint density at radius 3 is 1.95 bits per heavy atom. The Morgan fingerprint density at radius 2 is 1.47 bits per heavy atom. The van der Waals surface area contributed by atoms with E-state index in [9.17, 15) is 0 Å². The summed E-state index contributed by atoms with van der Waals surface area (Å²) in [4.78, 5) is 0. The third-order valence-electron chi connectivity index (χ3n) is 3.96. The van der Waals surface area contributed by atoms with Crippen LogP contribution in [0.4, 0.5) is 0 Å². The predicted octanol–water partition coefficient (Wildman–Crippen LogP) is 2.67. The molecule has 0 spiro atoms. The van der Waals surface area contributed by atoms with E-state index in [0.29, 0.717) is 0 Å². The van der Waals surface area contributed by atoms with Crippen LogP contribution in [0.3, 0.4) is 0 Å². The quantitative estimate of drug-likeness (QED) is 0.645. The third-order valence-corrected chi connectivity index (χ3v) is 11.0. The summed E-state index contributed by atoms with van der Waals surface area (Å²) < 4.78 is 20.0. The van der Waals surface area contributed by atoms with Gasteiger partial charge < -0.3 is 18.2 Å². The summed E-state index contributed by atoms with van der Waals surface area (Å²) in [5.41, 5.74) is 0. The smallest absolute Gasteiger partial charge is 0.334 e. The second kappa shape index (κ2) is 7.90. The molecule has 1 saturated heterocycles. The molecule has 1 fully saturated rings. The number of morpholine rings is 1. The van der Waals surface area contributed by atoms with Gasteiger partial charge in [-0.2, -0.15) is 0 Å². The Kier molecular flexibility index (Phi) is 7.20. The average Bonchev–Trinajstić information content (AvgIpc) is 2.38. The highest BCUT2D eigenvalue weighted by Gasteiger charge is 2.37. The van der Waals surface area contributed by atoms with Gasteiger partial charge in [0.25, 0.3) is 0 Å². The molecule has 1 heterocycles.